The highest BCUT2D eigenvalue weighted by atomic mass is 16.5. The van der Waals surface area contributed by atoms with Crippen molar-refractivity contribution in [3.63, 3.8) is 0 Å². The Morgan fingerprint density at radius 1 is 1.45 bits per heavy atom. The lowest BCUT2D eigenvalue weighted by Gasteiger charge is -2.08. The Balaban J connectivity index is 1.86. The van der Waals surface area contributed by atoms with E-state index in [0.29, 0.717) is 30.9 Å². The maximum absolute atomic E-state index is 11.5. The van der Waals surface area contributed by atoms with Crippen LogP contribution in [0, 0.1) is 18.3 Å². The molecule has 0 spiro atoms. The Bertz CT molecular complexity index is 686. The van der Waals surface area contributed by atoms with Gasteiger partial charge in [-0.2, -0.15) is 5.26 Å². The number of nitrogens with zero attached hydrogens (tertiary/aromatic N) is 3. The molecule has 5 nitrogen and oxygen atoms in total. The molecule has 0 aliphatic carbocycles. The third-order valence-corrected chi connectivity index (χ3v) is 2.76. The summed E-state index contributed by atoms with van der Waals surface area (Å²) in [7, 11) is 0. The Morgan fingerprint density at radius 3 is 3.10 bits per heavy atom. The van der Waals surface area contributed by atoms with E-state index in [1.54, 1.807) is 41.2 Å². The van der Waals surface area contributed by atoms with Gasteiger partial charge < -0.3 is 4.74 Å². The lowest BCUT2D eigenvalue weighted by Crippen LogP contribution is -2.23. The van der Waals surface area contributed by atoms with Gasteiger partial charge in [0.05, 0.1) is 18.2 Å². The van der Waals surface area contributed by atoms with Crippen molar-refractivity contribution in [1.29, 1.82) is 5.26 Å². The van der Waals surface area contributed by atoms with E-state index in [0.717, 1.165) is 5.56 Å². The average Bonchev–Trinajstić information content (AvgIpc) is 2.47. The molecule has 0 aliphatic rings. The topological polar surface area (TPSA) is 67.9 Å². The number of aryl methyl sites for hydroxylation is 2. The SMILES string of the molecule is Cc1cnc(=O)n(CCCOc2cccc(C#N)c2)c1. The highest BCUT2D eigenvalue weighted by molar-refractivity contribution is 5.36. The van der Waals surface area contributed by atoms with Crippen molar-refractivity contribution in [2.45, 2.75) is 19.9 Å². The van der Waals surface area contributed by atoms with Gasteiger partial charge in [-0.25, -0.2) is 9.78 Å². The van der Waals surface area contributed by atoms with Crippen LogP contribution in [0.25, 0.3) is 0 Å². The van der Waals surface area contributed by atoms with Gasteiger partial charge in [-0.05, 0) is 37.1 Å². The quantitative estimate of drug-likeness (QED) is 0.777. The van der Waals surface area contributed by atoms with Crippen LogP contribution in [-0.4, -0.2) is 16.2 Å². The van der Waals surface area contributed by atoms with Gasteiger partial charge in [-0.1, -0.05) is 6.07 Å². The van der Waals surface area contributed by atoms with Gasteiger partial charge in [-0.15, -0.1) is 0 Å². The fourth-order valence-corrected chi connectivity index (χ4v) is 1.81. The first-order valence-corrected chi connectivity index (χ1v) is 6.35. The van der Waals surface area contributed by atoms with Crippen LogP contribution in [0.2, 0.25) is 0 Å². The lowest BCUT2D eigenvalue weighted by molar-refractivity contribution is 0.300. The molecular formula is C15H15N3O2. The minimum atomic E-state index is -0.248. The molecule has 1 aromatic heterocycles. The van der Waals surface area contributed by atoms with Crippen LogP contribution in [-0.2, 0) is 6.54 Å². The van der Waals surface area contributed by atoms with Crippen molar-refractivity contribution < 1.29 is 4.74 Å². The molecule has 2 aromatic rings. The van der Waals surface area contributed by atoms with Gasteiger partial charge in [0.15, 0.2) is 0 Å². The van der Waals surface area contributed by atoms with Crippen LogP contribution < -0.4 is 10.4 Å². The molecule has 0 bridgehead atoms. The lowest BCUT2D eigenvalue weighted by atomic mass is 10.2. The van der Waals surface area contributed by atoms with E-state index in [1.807, 2.05) is 6.92 Å². The van der Waals surface area contributed by atoms with Gasteiger partial charge in [0.1, 0.15) is 5.75 Å². The van der Waals surface area contributed by atoms with E-state index in [9.17, 15) is 4.79 Å². The zero-order valence-electron chi connectivity index (χ0n) is 11.2. The molecule has 0 saturated carbocycles. The number of nitriles is 1. The zero-order valence-corrected chi connectivity index (χ0v) is 11.2. The molecule has 20 heavy (non-hydrogen) atoms. The monoisotopic (exact) mass is 269 g/mol. The summed E-state index contributed by atoms with van der Waals surface area (Å²) in [5, 5.41) is 8.79. The van der Waals surface area contributed by atoms with E-state index < -0.39 is 0 Å². The summed E-state index contributed by atoms with van der Waals surface area (Å²) >= 11 is 0. The molecular weight excluding hydrogens is 254 g/mol. The van der Waals surface area contributed by atoms with E-state index in [-0.39, 0.29) is 5.69 Å². The van der Waals surface area contributed by atoms with Crippen LogP contribution in [0.15, 0.2) is 41.5 Å². The van der Waals surface area contributed by atoms with Crippen molar-refractivity contribution in [3.05, 3.63) is 58.3 Å². The summed E-state index contributed by atoms with van der Waals surface area (Å²) in [5.41, 5.74) is 1.27. The fourth-order valence-electron chi connectivity index (χ4n) is 1.81. The van der Waals surface area contributed by atoms with Crippen LogP contribution >= 0.6 is 0 Å². The molecule has 0 saturated heterocycles. The van der Waals surface area contributed by atoms with E-state index in [4.69, 9.17) is 10.00 Å². The molecule has 0 unspecified atom stereocenters. The number of ether oxygens (including phenoxy) is 1. The average molecular weight is 269 g/mol. The van der Waals surface area contributed by atoms with Gasteiger partial charge >= 0.3 is 5.69 Å². The molecule has 1 aromatic carbocycles. The fraction of sp³-hybridized carbons (Fsp3) is 0.267. The Hall–Kier alpha value is -2.61. The van der Waals surface area contributed by atoms with Gasteiger partial charge in [0, 0.05) is 18.9 Å². The number of rotatable bonds is 5. The first-order chi connectivity index (χ1) is 9.69. The van der Waals surface area contributed by atoms with Gasteiger partial charge in [0.2, 0.25) is 0 Å². The van der Waals surface area contributed by atoms with Crippen molar-refractivity contribution in [2.75, 3.05) is 6.61 Å². The molecule has 0 amide bonds. The van der Waals surface area contributed by atoms with E-state index >= 15 is 0 Å². The maximum Gasteiger partial charge on any atom is 0.347 e. The molecule has 2 rings (SSSR count). The minimum absolute atomic E-state index is 0.248. The first kappa shape index (κ1) is 13.8. The summed E-state index contributed by atoms with van der Waals surface area (Å²) < 4.78 is 7.13. The highest BCUT2D eigenvalue weighted by Crippen LogP contribution is 2.12. The number of hydrogen-bond acceptors (Lipinski definition) is 4. The molecule has 0 fully saturated rings. The molecule has 5 heteroatoms. The summed E-state index contributed by atoms with van der Waals surface area (Å²) in [5.74, 6) is 0.666. The van der Waals surface area contributed by atoms with Crippen molar-refractivity contribution >= 4 is 0 Å². The zero-order chi connectivity index (χ0) is 14.4. The molecule has 0 atom stereocenters. The molecule has 0 N–H and O–H groups in total. The number of aromatic nitrogens is 2. The third-order valence-electron chi connectivity index (χ3n) is 2.76. The number of benzene rings is 1. The molecule has 102 valence electrons. The Morgan fingerprint density at radius 2 is 2.30 bits per heavy atom. The summed E-state index contributed by atoms with van der Waals surface area (Å²) in [6, 6.07) is 9.07. The second-order valence-corrected chi connectivity index (χ2v) is 4.45. The van der Waals surface area contributed by atoms with Gasteiger partial charge in [-0.3, -0.25) is 4.57 Å². The van der Waals surface area contributed by atoms with Crippen molar-refractivity contribution in [2.24, 2.45) is 0 Å². The largest absolute Gasteiger partial charge is 0.493 e. The third kappa shape index (κ3) is 3.69. The smallest absolute Gasteiger partial charge is 0.347 e. The summed E-state index contributed by atoms with van der Waals surface area (Å²) in [4.78, 5) is 15.3. The predicted octanol–water partition coefficient (Wildman–Crippen LogP) is 1.89. The molecule has 0 aliphatic heterocycles. The Kier molecular flexibility index (Phi) is 4.51. The van der Waals surface area contributed by atoms with E-state index in [2.05, 4.69) is 11.1 Å². The maximum atomic E-state index is 11.5. The Labute approximate surface area is 117 Å². The predicted molar refractivity (Wildman–Crippen MR) is 74.5 cm³/mol. The highest BCUT2D eigenvalue weighted by Gasteiger charge is 1.99. The second-order valence-electron chi connectivity index (χ2n) is 4.45. The minimum Gasteiger partial charge on any atom is -0.493 e. The number of hydrogen-bond donors (Lipinski definition) is 0. The molecule has 1 heterocycles. The van der Waals surface area contributed by atoms with Crippen molar-refractivity contribution in [1.82, 2.24) is 9.55 Å². The summed E-state index contributed by atoms with van der Waals surface area (Å²) in [6.07, 6.45) is 4.04. The van der Waals surface area contributed by atoms with Crippen LogP contribution in [0.5, 0.6) is 5.75 Å². The normalized spacial score (nSPS) is 10.0. The second kappa shape index (κ2) is 6.53. The summed E-state index contributed by atoms with van der Waals surface area (Å²) in [6.45, 7) is 2.94. The van der Waals surface area contributed by atoms with Crippen LogP contribution in [0.1, 0.15) is 17.5 Å². The van der Waals surface area contributed by atoms with Crippen molar-refractivity contribution in [3.8, 4) is 11.8 Å². The van der Waals surface area contributed by atoms with Crippen LogP contribution in [0.3, 0.4) is 0 Å². The first-order valence-electron chi connectivity index (χ1n) is 6.35. The standard InChI is InChI=1S/C15H15N3O2/c1-12-10-17-15(19)18(11-12)6-3-7-20-14-5-2-4-13(8-14)9-16/h2,4-5,8,10-11H,3,6-7H2,1H3. The van der Waals surface area contributed by atoms with E-state index in [1.165, 1.54) is 0 Å². The molecule has 0 radical (unpaired) electrons. The van der Waals surface area contributed by atoms with Gasteiger partial charge in [0.25, 0.3) is 0 Å². The van der Waals surface area contributed by atoms with Crippen LogP contribution in [0.4, 0.5) is 0 Å².